The summed E-state index contributed by atoms with van der Waals surface area (Å²) in [5, 5.41) is 8.77. The van der Waals surface area contributed by atoms with Crippen molar-refractivity contribution in [1.29, 1.82) is 0 Å². The topological polar surface area (TPSA) is 44.4 Å². The summed E-state index contributed by atoms with van der Waals surface area (Å²) in [6, 6.07) is 23.5. The Balaban J connectivity index is 1.29. The Hall–Kier alpha value is -2.47. The lowest BCUT2D eigenvalue weighted by Crippen LogP contribution is -2.42. The first-order valence-corrected chi connectivity index (χ1v) is 11.4. The van der Waals surface area contributed by atoms with E-state index in [1.165, 1.54) is 21.6 Å². The normalized spacial score (nSPS) is 17.7. The summed E-state index contributed by atoms with van der Waals surface area (Å²) < 4.78 is 0. The van der Waals surface area contributed by atoms with Crippen molar-refractivity contribution in [2.45, 2.75) is 32.0 Å². The third kappa shape index (κ3) is 5.57. The zero-order valence-electron chi connectivity index (χ0n) is 17.4. The van der Waals surface area contributed by atoms with Crippen molar-refractivity contribution in [3.8, 4) is 0 Å². The third-order valence-corrected chi connectivity index (χ3v) is 6.53. The van der Waals surface area contributed by atoms with Gasteiger partial charge in [0.2, 0.25) is 5.91 Å². The number of likely N-dealkylation sites (tertiary alicyclic amines) is 1. The van der Waals surface area contributed by atoms with Crippen molar-refractivity contribution in [2.75, 3.05) is 19.6 Å². The molecule has 2 N–H and O–H groups in total. The smallest absolute Gasteiger partial charge is 0.234 e. The van der Waals surface area contributed by atoms with Crippen molar-refractivity contribution in [2.24, 2.45) is 0 Å². The van der Waals surface area contributed by atoms with E-state index in [0.29, 0.717) is 6.54 Å². The van der Waals surface area contributed by atoms with Crippen LogP contribution in [0.5, 0.6) is 0 Å². The molecule has 1 amide bonds. The van der Waals surface area contributed by atoms with E-state index in [2.05, 4.69) is 88.5 Å². The molecule has 0 spiro atoms. The van der Waals surface area contributed by atoms with Crippen LogP contribution in [-0.4, -0.2) is 36.5 Å². The molecule has 0 unspecified atom stereocenters. The van der Waals surface area contributed by atoms with Crippen LogP contribution in [-0.2, 0) is 11.3 Å². The Morgan fingerprint density at radius 3 is 2.63 bits per heavy atom. The maximum absolute atomic E-state index is 12.6. The summed E-state index contributed by atoms with van der Waals surface area (Å²) in [5.74, 6) is 0.0650. The highest BCUT2D eigenvalue weighted by atomic mass is 32.1. The SMILES string of the molecule is Cc1ccc([C@@H](NCC(=O)N[C@@H]2CCN(Cc3ccccc3)C2)c2cccs2)cc1. The maximum atomic E-state index is 12.6. The molecule has 0 aliphatic carbocycles. The van der Waals surface area contributed by atoms with Gasteiger partial charge in [0.1, 0.15) is 0 Å². The second-order valence-electron chi connectivity index (χ2n) is 8.01. The van der Waals surface area contributed by atoms with E-state index in [-0.39, 0.29) is 18.0 Å². The fourth-order valence-electron chi connectivity index (χ4n) is 4.01. The van der Waals surface area contributed by atoms with E-state index in [1.54, 1.807) is 11.3 Å². The van der Waals surface area contributed by atoms with Gasteiger partial charge in [-0.05, 0) is 35.9 Å². The Kier molecular flexibility index (Phi) is 6.95. The van der Waals surface area contributed by atoms with Crippen LogP contribution in [0.25, 0.3) is 0 Å². The minimum Gasteiger partial charge on any atom is -0.351 e. The third-order valence-electron chi connectivity index (χ3n) is 5.59. The van der Waals surface area contributed by atoms with Crippen LogP contribution >= 0.6 is 11.3 Å². The van der Waals surface area contributed by atoms with Gasteiger partial charge in [0.25, 0.3) is 0 Å². The fourth-order valence-corrected chi connectivity index (χ4v) is 4.83. The largest absolute Gasteiger partial charge is 0.351 e. The van der Waals surface area contributed by atoms with Crippen LogP contribution in [0.3, 0.4) is 0 Å². The number of aryl methyl sites for hydroxylation is 1. The van der Waals surface area contributed by atoms with Crippen molar-refractivity contribution < 1.29 is 4.79 Å². The number of nitrogens with one attached hydrogen (secondary N) is 2. The summed E-state index contributed by atoms with van der Waals surface area (Å²) in [7, 11) is 0. The highest BCUT2D eigenvalue weighted by molar-refractivity contribution is 7.10. The van der Waals surface area contributed by atoms with Crippen molar-refractivity contribution in [3.63, 3.8) is 0 Å². The quantitative estimate of drug-likeness (QED) is 0.577. The van der Waals surface area contributed by atoms with E-state index in [1.807, 2.05) is 6.07 Å². The molecule has 2 aromatic carbocycles. The Morgan fingerprint density at radius 2 is 1.90 bits per heavy atom. The van der Waals surface area contributed by atoms with Gasteiger partial charge in [0, 0.05) is 30.6 Å². The molecule has 0 radical (unpaired) electrons. The molecular formula is C25H29N3OS. The predicted octanol–water partition coefficient (Wildman–Crippen LogP) is 4.13. The molecule has 4 rings (SSSR count). The summed E-state index contributed by atoms with van der Waals surface area (Å²) in [5.41, 5.74) is 3.75. The summed E-state index contributed by atoms with van der Waals surface area (Å²) in [6.07, 6.45) is 1.00. The molecule has 0 bridgehead atoms. The van der Waals surface area contributed by atoms with E-state index >= 15 is 0 Å². The molecule has 1 fully saturated rings. The molecule has 1 aliphatic rings. The Morgan fingerprint density at radius 1 is 1.10 bits per heavy atom. The van der Waals surface area contributed by atoms with Crippen LogP contribution in [0.4, 0.5) is 0 Å². The van der Waals surface area contributed by atoms with Crippen molar-refractivity contribution in [3.05, 3.63) is 93.7 Å². The molecule has 3 aromatic rings. The molecule has 1 aromatic heterocycles. The van der Waals surface area contributed by atoms with Gasteiger partial charge in [-0.1, -0.05) is 66.2 Å². The van der Waals surface area contributed by atoms with Crippen LogP contribution in [0.15, 0.2) is 72.1 Å². The first-order valence-electron chi connectivity index (χ1n) is 10.6. The van der Waals surface area contributed by atoms with Crippen molar-refractivity contribution in [1.82, 2.24) is 15.5 Å². The zero-order chi connectivity index (χ0) is 20.8. The second kappa shape index (κ2) is 10.0. The lowest BCUT2D eigenvalue weighted by atomic mass is 10.0. The number of rotatable bonds is 8. The average molecular weight is 420 g/mol. The molecule has 30 heavy (non-hydrogen) atoms. The number of nitrogens with zero attached hydrogens (tertiary/aromatic N) is 1. The van der Waals surface area contributed by atoms with E-state index in [0.717, 1.165) is 26.1 Å². The maximum Gasteiger partial charge on any atom is 0.234 e. The first kappa shape index (κ1) is 20.8. The molecule has 4 nitrogen and oxygen atoms in total. The molecular weight excluding hydrogens is 390 g/mol. The molecule has 2 heterocycles. The number of thiophene rings is 1. The Labute approximate surface area is 182 Å². The fraction of sp³-hybridized carbons (Fsp3) is 0.320. The number of benzene rings is 2. The van der Waals surface area contributed by atoms with Gasteiger partial charge >= 0.3 is 0 Å². The summed E-state index contributed by atoms with van der Waals surface area (Å²) >= 11 is 1.71. The molecule has 0 saturated carbocycles. The second-order valence-corrected chi connectivity index (χ2v) is 8.99. The number of amides is 1. The molecule has 2 atom stereocenters. The molecule has 1 saturated heterocycles. The van der Waals surface area contributed by atoms with Gasteiger partial charge in [-0.15, -0.1) is 11.3 Å². The minimum absolute atomic E-state index is 0.0366. The van der Waals surface area contributed by atoms with Crippen LogP contribution < -0.4 is 10.6 Å². The van der Waals surface area contributed by atoms with Crippen LogP contribution in [0.1, 0.15) is 34.0 Å². The first-order chi connectivity index (χ1) is 14.7. The minimum atomic E-state index is 0.0366. The Bertz CT molecular complexity index is 925. The summed E-state index contributed by atoms with van der Waals surface area (Å²) in [4.78, 5) is 16.3. The summed E-state index contributed by atoms with van der Waals surface area (Å²) in [6.45, 7) is 5.28. The lowest BCUT2D eigenvalue weighted by Gasteiger charge is -2.20. The van der Waals surface area contributed by atoms with Gasteiger partial charge in [0.15, 0.2) is 0 Å². The van der Waals surface area contributed by atoms with Gasteiger partial charge in [-0.25, -0.2) is 0 Å². The van der Waals surface area contributed by atoms with Gasteiger partial charge in [0.05, 0.1) is 12.6 Å². The van der Waals surface area contributed by atoms with E-state index in [4.69, 9.17) is 0 Å². The number of carbonyl (C=O) groups is 1. The van der Waals surface area contributed by atoms with E-state index in [9.17, 15) is 4.79 Å². The monoisotopic (exact) mass is 419 g/mol. The van der Waals surface area contributed by atoms with E-state index < -0.39 is 0 Å². The van der Waals surface area contributed by atoms with Gasteiger partial charge < -0.3 is 5.32 Å². The standard InChI is InChI=1S/C25H29N3OS/c1-19-9-11-21(12-10-19)25(23-8-5-15-30-23)26-16-24(29)27-22-13-14-28(18-22)17-20-6-3-2-4-7-20/h2-12,15,22,25-26H,13-14,16-18H2,1H3,(H,27,29)/t22-,25-/m1/s1. The van der Waals surface area contributed by atoms with Gasteiger partial charge in [-0.3, -0.25) is 15.0 Å². The zero-order valence-corrected chi connectivity index (χ0v) is 18.2. The highest BCUT2D eigenvalue weighted by Gasteiger charge is 2.24. The number of hydrogen-bond acceptors (Lipinski definition) is 4. The van der Waals surface area contributed by atoms with Crippen LogP contribution in [0, 0.1) is 6.92 Å². The van der Waals surface area contributed by atoms with Crippen molar-refractivity contribution >= 4 is 17.2 Å². The average Bonchev–Trinajstić information content (AvgIpc) is 3.43. The molecule has 5 heteroatoms. The predicted molar refractivity (Wildman–Crippen MR) is 124 cm³/mol. The number of carbonyl (C=O) groups excluding carboxylic acids is 1. The van der Waals surface area contributed by atoms with Crippen LogP contribution in [0.2, 0.25) is 0 Å². The number of hydrogen-bond donors (Lipinski definition) is 2. The lowest BCUT2D eigenvalue weighted by molar-refractivity contribution is -0.120. The van der Waals surface area contributed by atoms with Gasteiger partial charge in [-0.2, -0.15) is 0 Å². The highest BCUT2D eigenvalue weighted by Crippen LogP contribution is 2.26. The molecule has 156 valence electrons. The molecule has 1 aliphatic heterocycles.